The predicted molar refractivity (Wildman–Crippen MR) is 96.6 cm³/mol. The normalized spacial score (nSPS) is 21.8. The summed E-state index contributed by atoms with van der Waals surface area (Å²) in [6.45, 7) is 5.38. The maximum Gasteiger partial charge on any atom is 0.256 e. The maximum absolute atomic E-state index is 12.7. The van der Waals surface area contributed by atoms with Gasteiger partial charge in [-0.1, -0.05) is 6.07 Å². The number of aromatic hydroxyl groups is 1. The summed E-state index contributed by atoms with van der Waals surface area (Å²) in [4.78, 5) is 15.6. The average molecular weight is 360 g/mol. The molecular weight excluding hydrogens is 338 g/mol. The highest BCUT2D eigenvalue weighted by Gasteiger charge is 2.34. The molecular formula is C18H22N3O3S+. The summed E-state index contributed by atoms with van der Waals surface area (Å²) in [6.07, 6.45) is 0.597. The first-order valence-electron chi connectivity index (χ1n) is 8.53. The fourth-order valence-electron chi connectivity index (χ4n) is 3.60. The molecule has 6 nitrogen and oxygen atoms in total. The van der Waals surface area contributed by atoms with Crippen LogP contribution in [0.3, 0.4) is 0 Å². The van der Waals surface area contributed by atoms with E-state index in [1.165, 1.54) is 17.6 Å². The Hall–Kier alpha value is -2.25. The number of thiophene rings is 1. The number of carbonyl (C=O) groups excluding carboxylic acids is 1. The number of rotatable bonds is 3. The lowest BCUT2D eigenvalue weighted by Gasteiger charge is -2.27. The van der Waals surface area contributed by atoms with E-state index in [2.05, 4.69) is 17.6 Å². The zero-order chi connectivity index (χ0) is 17.6. The van der Waals surface area contributed by atoms with E-state index in [-0.39, 0.29) is 17.8 Å². The van der Waals surface area contributed by atoms with Crippen molar-refractivity contribution in [2.24, 2.45) is 0 Å². The van der Waals surface area contributed by atoms with Gasteiger partial charge in [0.1, 0.15) is 17.7 Å². The summed E-state index contributed by atoms with van der Waals surface area (Å²) in [7, 11) is 1.51. The van der Waals surface area contributed by atoms with Crippen LogP contribution in [0.5, 0.6) is 11.5 Å². The van der Waals surface area contributed by atoms with E-state index < -0.39 is 0 Å². The van der Waals surface area contributed by atoms with E-state index in [0.29, 0.717) is 5.75 Å². The van der Waals surface area contributed by atoms with Crippen LogP contribution in [0.15, 0.2) is 18.2 Å². The largest absolute Gasteiger partial charge is 0.504 e. The molecule has 1 amide bonds. The first kappa shape index (κ1) is 16.2. The average Bonchev–Trinajstić information content (AvgIpc) is 2.99. The molecule has 7 heteroatoms. The maximum atomic E-state index is 12.7. The van der Waals surface area contributed by atoms with Gasteiger partial charge >= 0.3 is 0 Å². The standard InChI is InChI=1S/C18H21N3O3S/c1-3-21-7-6-11-14(9-21)25-18-15(11)17(23)19-16(20-18)10-4-5-13(24-2)12(22)8-10/h4-5,8,16,20,22H,3,6-7,9H2,1-2H3,(H,19,23)/p+1/t16-/m1/s1. The van der Waals surface area contributed by atoms with Crippen LogP contribution in [-0.4, -0.2) is 31.2 Å². The monoisotopic (exact) mass is 360 g/mol. The van der Waals surface area contributed by atoms with Gasteiger partial charge in [-0.15, -0.1) is 11.3 Å². The highest BCUT2D eigenvalue weighted by atomic mass is 32.1. The Bertz CT molecular complexity index is 833. The molecule has 0 saturated carbocycles. The zero-order valence-electron chi connectivity index (χ0n) is 14.3. The van der Waals surface area contributed by atoms with Crippen molar-refractivity contribution < 1.29 is 19.5 Å². The van der Waals surface area contributed by atoms with Crippen LogP contribution in [0.25, 0.3) is 0 Å². The molecule has 4 rings (SSSR count). The Kier molecular flexibility index (Phi) is 4.05. The number of phenols is 1. The van der Waals surface area contributed by atoms with Gasteiger partial charge in [0.2, 0.25) is 0 Å². The number of methoxy groups -OCH3 is 1. The number of anilines is 1. The molecule has 1 unspecified atom stereocenters. The number of phenolic OH excluding ortho intramolecular Hbond substituents is 1. The summed E-state index contributed by atoms with van der Waals surface area (Å²) >= 11 is 1.69. The minimum absolute atomic E-state index is 0.0356. The first-order chi connectivity index (χ1) is 12.1. The van der Waals surface area contributed by atoms with Crippen molar-refractivity contribution in [1.29, 1.82) is 0 Å². The third-order valence-corrected chi connectivity index (χ3v) is 6.21. The number of ether oxygens (including phenoxy) is 1. The zero-order valence-corrected chi connectivity index (χ0v) is 15.1. The number of nitrogens with one attached hydrogen (secondary N) is 3. The van der Waals surface area contributed by atoms with Crippen LogP contribution >= 0.6 is 11.3 Å². The molecule has 2 aliphatic heterocycles. The number of benzene rings is 1. The number of amides is 1. The Balaban J connectivity index is 1.65. The molecule has 4 N–H and O–H groups in total. The first-order valence-corrected chi connectivity index (χ1v) is 9.34. The summed E-state index contributed by atoms with van der Waals surface area (Å²) in [6, 6.07) is 5.17. The van der Waals surface area contributed by atoms with Gasteiger partial charge in [-0.3, -0.25) is 4.79 Å². The summed E-state index contributed by atoms with van der Waals surface area (Å²) < 4.78 is 5.08. The second kappa shape index (κ2) is 6.24. The fourth-order valence-corrected chi connectivity index (χ4v) is 4.95. The van der Waals surface area contributed by atoms with Gasteiger partial charge in [-0.2, -0.15) is 0 Å². The number of likely N-dealkylation sites (N-methyl/N-ethyl adjacent to an activating group) is 1. The number of hydrogen-bond donors (Lipinski definition) is 4. The number of quaternary nitrogens is 1. The van der Waals surface area contributed by atoms with Crippen molar-refractivity contribution in [3.05, 3.63) is 39.8 Å². The molecule has 0 spiro atoms. The van der Waals surface area contributed by atoms with Crippen LogP contribution in [-0.2, 0) is 13.0 Å². The molecule has 0 fully saturated rings. The number of carbonyl (C=O) groups is 1. The van der Waals surface area contributed by atoms with Crippen molar-refractivity contribution in [2.45, 2.75) is 26.1 Å². The summed E-state index contributed by atoms with van der Waals surface area (Å²) in [5.41, 5.74) is 2.81. The van der Waals surface area contributed by atoms with Gasteiger partial charge in [0.25, 0.3) is 5.91 Å². The fraction of sp³-hybridized carbons (Fsp3) is 0.389. The van der Waals surface area contributed by atoms with Gasteiger partial charge in [0.15, 0.2) is 11.5 Å². The Labute approximate surface area is 150 Å². The van der Waals surface area contributed by atoms with Crippen molar-refractivity contribution in [2.75, 3.05) is 25.5 Å². The van der Waals surface area contributed by atoms with Gasteiger partial charge in [0.05, 0.1) is 30.6 Å². The molecule has 1 aromatic carbocycles. The van der Waals surface area contributed by atoms with Crippen LogP contribution < -0.4 is 20.3 Å². The van der Waals surface area contributed by atoms with E-state index >= 15 is 0 Å². The molecule has 0 bridgehead atoms. The lowest BCUT2D eigenvalue weighted by atomic mass is 10.0. The van der Waals surface area contributed by atoms with E-state index in [0.717, 1.165) is 42.2 Å². The minimum atomic E-state index is -0.355. The molecule has 132 valence electrons. The van der Waals surface area contributed by atoms with E-state index in [1.807, 2.05) is 6.07 Å². The molecule has 2 aromatic rings. The van der Waals surface area contributed by atoms with E-state index in [4.69, 9.17) is 4.74 Å². The Morgan fingerprint density at radius 1 is 1.40 bits per heavy atom. The molecule has 25 heavy (non-hydrogen) atoms. The lowest BCUT2D eigenvalue weighted by molar-refractivity contribution is -0.913. The molecule has 0 saturated heterocycles. The van der Waals surface area contributed by atoms with Gasteiger partial charge in [-0.05, 0) is 30.2 Å². The van der Waals surface area contributed by atoms with Crippen LogP contribution in [0.1, 0.15) is 39.5 Å². The predicted octanol–water partition coefficient (Wildman–Crippen LogP) is 1.28. The highest BCUT2D eigenvalue weighted by molar-refractivity contribution is 7.16. The SMILES string of the molecule is CC[NH+]1CCc2c(sc3c2C(=O)N[C@@H](c2ccc(OC)c(O)c2)N3)C1. The topological polar surface area (TPSA) is 75.0 Å². The van der Waals surface area contributed by atoms with Crippen LogP contribution in [0, 0.1) is 0 Å². The highest BCUT2D eigenvalue weighted by Crippen LogP contribution is 2.39. The van der Waals surface area contributed by atoms with Gasteiger partial charge in [-0.25, -0.2) is 0 Å². The quantitative estimate of drug-likeness (QED) is 0.665. The molecule has 2 aliphatic rings. The van der Waals surface area contributed by atoms with Crippen molar-refractivity contribution in [3.63, 3.8) is 0 Å². The van der Waals surface area contributed by atoms with Crippen molar-refractivity contribution in [3.8, 4) is 11.5 Å². The molecule has 1 aromatic heterocycles. The van der Waals surface area contributed by atoms with Crippen LogP contribution in [0.4, 0.5) is 5.00 Å². The third-order valence-electron chi connectivity index (χ3n) is 5.04. The number of hydrogen-bond acceptors (Lipinski definition) is 5. The number of fused-ring (bicyclic) bond motifs is 3. The van der Waals surface area contributed by atoms with Crippen LogP contribution in [0.2, 0.25) is 0 Å². The van der Waals surface area contributed by atoms with Crippen molar-refractivity contribution in [1.82, 2.24) is 5.32 Å². The van der Waals surface area contributed by atoms with Gasteiger partial charge in [0, 0.05) is 6.42 Å². The smallest absolute Gasteiger partial charge is 0.256 e. The summed E-state index contributed by atoms with van der Waals surface area (Å²) in [5.74, 6) is 0.446. The Morgan fingerprint density at radius 2 is 2.24 bits per heavy atom. The lowest BCUT2D eigenvalue weighted by Crippen LogP contribution is -3.11. The van der Waals surface area contributed by atoms with E-state index in [1.54, 1.807) is 28.4 Å². The van der Waals surface area contributed by atoms with Gasteiger partial charge < -0.3 is 25.4 Å². The summed E-state index contributed by atoms with van der Waals surface area (Å²) in [5, 5.41) is 17.4. The van der Waals surface area contributed by atoms with E-state index in [9.17, 15) is 9.90 Å². The Morgan fingerprint density at radius 3 is 2.96 bits per heavy atom. The molecule has 0 radical (unpaired) electrons. The second-order valence-corrected chi connectivity index (χ2v) is 7.58. The molecule has 3 heterocycles. The minimum Gasteiger partial charge on any atom is -0.504 e. The third kappa shape index (κ3) is 2.73. The van der Waals surface area contributed by atoms with Crippen molar-refractivity contribution >= 4 is 22.2 Å². The molecule has 0 aliphatic carbocycles. The molecule has 2 atom stereocenters. The second-order valence-electron chi connectivity index (χ2n) is 6.47.